The zero-order valence-electron chi connectivity index (χ0n) is 11.6. The molecule has 0 radical (unpaired) electrons. The summed E-state index contributed by atoms with van der Waals surface area (Å²) in [7, 11) is 1.49. The molecule has 0 bridgehead atoms. The minimum atomic E-state index is -1.14. The van der Waals surface area contributed by atoms with Crippen molar-refractivity contribution in [3.8, 4) is 11.4 Å². The van der Waals surface area contributed by atoms with E-state index in [-0.39, 0.29) is 6.61 Å². The number of tetrazole rings is 1. The first-order chi connectivity index (χ1) is 10.6. The van der Waals surface area contributed by atoms with Crippen LogP contribution in [0.1, 0.15) is 0 Å². The van der Waals surface area contributed by atoms with Gasteiger partial charge in [0, 0.05) is 17.8 Å². The molecule has 2 aromatic rings. The third kappa shape index (κ3) is 4.24. The Bertz CT molecular complexity index is 658. The average Bonchev–Trinajstić information content (AvgIpc) is 3.00. The number of nitrogens with zero attached hydrogens (tertiary/aromatic N) is 4. The summed E-state index contributed by atoms with van der Waals surface area (Å²) >= 11 is 0. The molecule has 0 saturated carbocycles. The van der Waals surface area contributed by atoms with Gasteiger partial charge in [-0.2, -0.15) is 0 Å². The summed E-state index contributed by atoms with van der Waals surface area (Å²) in [6, 6.07) is 4.92. The molecule has 1 aromatic heterocycles. The Hall–Kier alpha value is -3.01. The minimum Gasteiger partial charge on any atom is -0.497 e. The summed E-state index contributed by atoms with van der Waals surface area (Å²) < 4.78 is 11.3. The average molecular weight is 307 g/mol. The standard InChI is InChI=1S/C12H13N5O5/c1-21-10-3-8(14-11(18)5-22-6-12(19)20)2-9(4-10)17-7-13-15-16-17/h2-4,7H,5-6H2,1H3,(H,14,18)(H,19,20). The van der Waals surface area contributed by atoms with Crippen molar-refractivity contribution in [3.05, 3.63) is 24.5 Å². The van der Waals surface area contributed by atoms with E-state index in [1.54, 1.807) is 18.2 Å². The molecular weight excluding hydrogens is 294 g/mol. The number of hydrogen-bond acceptors (Lipinski definition) is 7. The predicted molar refractivity (Wildman–Crippen MR) is 72.8 cm³/mol. The van der Waals surface area contributed by atoms with Gasteiger partial charge in [-0.25, -0.2) is 9.48 Å². The number of aliphatic carboxylic acids is 1. The van der Waals surface area contributed by atoms with Crippen molar-refractivity contribution in [1.29, 1.82) is 0 Å². The first-order valence-corrected chi connectivity index (χ1v) is 6.10. The third-order valence-corrected chi connectivity index (χ3v) is 2.48. The normalized spacial score (nSPS) is 10.2. The Kier molecular flexibility index (Phi) is 4.98. The lowest BCUT2D eigenvalue weighted by Gasteiger charge is -2.10. The first kappa shape index (κ1) is 15.4. The highest BCUT2D eigenvalue weighted by Crippen LogP contribution is 2.22. The highest BCUT2D eigenvalue weighted by atomic mass is 16.5. The quantitative estimate of drug-likeness (QED) is 0.714. The van der Waals surface area contributed by atoms with Gasteiger partial charge in [0.15, 0.2) is 0 Å². The zero-order valence-corrected chi connectivity index (χ0v) is 11.6. The van der Waals surface area contributed by atoms with Gasteiger partial charge < -0.3 is 19.9 Å². The second-order valence-corrected chi connectivity index (χ2v) is 4.11. The number of nitrogens with one attached hydrogen (secondary N) is 1. The number of amides is 1. The number of rotatable bonds is 7. The van der Waals surface area contributed by atoms with Crippen LogP contribution in [-0.2, 0) is 14.3 Å². The van der Waals surface area contributed by atoms with Crippen LogP contribution in [0.2, 0.25) is 0 Å². The third-order valence-electron chi connectivity index (χ3n) is 2.48. The lowest BCUT2D eigenvalue weighted by Crippen LogP contribution is -2.20. The van der Waals surface area contributed by atoms with E-state index >= 15 is 0 Å². The summed E-state index contributed by atoms with van der Waals surface area (Å²) in [6.45, 7) is -0.912. The summed E-state index contributed by atoms with van der Waals surface area (Å²) in [6.07, 6.45) is 1.40. The van der Waals surface area contributed by atoms with Crippen LogP contribution in [0.15, 0.2) is 24.5 Å². The van der Waals surface area contributed by atoms with E-state index in [2.05, 4.69) is 20.8 Å². The van der Waals surface area contributed by atoms with Gasteiger partial charge in [-0.3, -0.25) is 4.79 Å². The maximum atomic E-state index is 11.7. The zero-order chi connectivity index (χ0) is 15.9. The Labute approximate surface area is 124 Å². The van der Waals surface area contributed by atoms with Crippen LogP contribution in [0, 0.1) is 0 Å². The number of hydrogen-bond donors (Lipinski definition) is 2. The largest absolute Gasteiger partial charge is 0.497 e. The van der Waals surface area contributed by atoms with Gasteiger partial charge in [0.05, 0.1) is 12.8 Å². The summed E-state index contributed by atoms with van der Waals surface area (Å²) in [5.74, 6) is -1.14. The smallest absolute Gasteiger partial charge is 0.329 e. The van der Waals surface area contributed by atoms with E-state index < -0.39 is 18.5 Å². The lowest BCUT2D eigenvalue weighted by molar-refractivity contribution is -0.143. The number of ether oxygens (including phenoxy) is 2. The van der Waals surface area contributed by atoms with E-state index in [0.717, 1.165) is 0 Å². The van der Waals surface area contributed by atoms with Crippen LogP contribution in [0.3, 0.4) is 0 Å². The van der Waals surface area contributed by atoms with Gasteiger partial charge in [0.2, 0.25) is 5.91 Å². The molecule has 0 aliphatic carbocycles. The predicted octanol–water partition coefficient (Wildman–Crippen LogP) is -0.289. The molecule has 1 heterocycles. The summed E-state index contributed by atoms with van der Waals surface area (Å²) in [5.41, 5.74) is 1.03. The Balaban J connectivity index is 2.08. The topological polar surface area (TPSA) is 128 Å². The number of methoxy groups -OCH3 is 1. The van der Waals surface area contributed by atoms with Crippen LogP contribution in [0.25, 0.3) is 5.69 Å². The van der Waals surface area contributed by atoms with E-state index in [9.17, 15) is 9.59 Å². The summed E-state index contributed by atoms with van der Waals surface area (Å²) in [4.78, 5) is 22.0. The molecular formula is C12H13N5O5. The molecule has 22 heavy (non-hydrogen) atoms. The van der Waals surface area contributed by atoms with Crippen molar-refractivity contribution in [1.82, 2.24) is 20.2 Å². The highest BCUT2D eigenvalue weighted by Gasteiger charge is 2.08. The first-order valence-electron chi connectivity index (χ1n) is 6.10. The maximum Gasteiger partial charge on any atom is 0.329 e. The molecule has 2 rings (SSSR count). The number of aromatic nitrogens is 4. The Morgan fingerprint density at radius 1 is 1.32 bits per heavy atom. The molecule has 0 fully saturated rings. The second-order valence-electron chi connectivity index (χ2n) is 4.11. The van der Waals surface area contributed by atoms with Gasteiger partial charge >= 0.3 is 5.97 Å². The second kappa shape index (κ2) is 7.13. The molecule has 2 N–H and O–H groups in total. The molecule has 1 amide bonds. The molecule has 116 valence electrons. The Morgan fingerprint density at radius 3 is 2.77 bits per heavy atom. The van der Waals surface area contributed by atoms with Gasteiger partial charge in [0.1, 0.15) is 25.3 Å². The van der Waals surface area contributed by atoms with E-state index in [1.807, 2.05) is 0 Å². The SMILES string of the molecule is COc1cc(NC(=O)COCC(=O)O)cc(-n2cnnn2)c1. The number of carboxylic acids is 1. The van der Waals surface area contributed by atoms with E-state index in [0.29, 0.717) is 17.1 Å². The van der Waals surface area contributed by atoms with Crippen LogP contribution in [0.5, 0.6) is 5.75 Å². The molecule has 0 spiro atoms. The van der Waals surface area contributed by atoms with Crippen LogP contribution in [0.4, 0.5) is 5.69 Å². The number of benzene rings is 1. The minimum absolute atomic E-state index is 0.371. The van der Waals surface area contributed by atoms with Crippen molar-refractivity contribution in [2.45, 2.75) is 0 Å². The van der Waals surface area contributed by atoms with Crippen molar-refractivity contribution >= 4 is 17.6 Å². The number of carbonyl (C=O) groups excluding carboxylic acids is 1. The number of anilines is 1. The van der Waals surface area contributed by atoms with Gasteiger partial charge in [-0.15, -0.1) is 5.10 Å². The van der Waals surface area contributed by atoms with Crippen molar-refractivity contribution in [2.75, 3.05) is 25.6 Å². The fourth-order valence-electron chi connectivity index (χ4n) is 1.61. The number of carboxylic acid groups (broad SMARTS) is 1. The number of carbonyl (C=O) groups is 2. The van der Waals surface area contributed by atoms with Crippen LogP contribution in [-0.4, -0.2) is 57.5 Å². The van der Waals surface area contributed by atoms with Crippen LogP contribution >= 0.6 is 0 Å². The maximum absolute atomic E-state index is 11.7. The lowest BCUT2D eigenvalue weighted by atomic mass is 10.2. The molecule has 0 atom stereocenters. The molecule has 0 saturated heterocycles. The van der Waals surface area contributed by atoms with Gasteiger partial charge in [-0.1, -0.05) is 0 Å². The monoisotopic (exact) mass is 307 g/mol. The summed E-state index contributed by atoms with van der Waals surface area (Å²) in [5, 5.41) is 21.8. The highest BCUT2D eigenvalue weighted by molar-refractivity contribution is 5.92. The van der Waals surface area contributed by atoms with E-state index in [4.69, 9.17) is 14.6 Å². The molecule has 0 aliphatic rings. The molecule has 0 unspecified atom stereocenters. The molecule has 10 heteroatoms. The fourth-order valence-corrected chi connectivity index (χ4v) is 1.61. The fraction of sp³-hybridized carbons (Fsp3) is 0.250. The van der Waals surface area contributed by atoms with Gasteiger partial charge in [-0.05, 0) is 16.5 Å². The van der Waals surface area contributed by atoms with Crippen LogP contribution < -0.4 is 10.1 Å². The van der Waals surface area contributed by atoms with Crippen molar-refractivity contribution in [2.24, 2.45) is 0 Å². The van der Waals surface area contributed by atoms with Crippen molar-refractivity contribution in [3.63, 3.8) is 0 Å². The van der Waals surface area contributed by atoms with E-state index in [1.165, 1.54) is 18.1 Å². The van der Waals surface area contributed by atoms with Crippen molar-refractivity contribution < 1.29 is 24.2 Å². The van der Waals surface area contributed by atoms with Gasteiger partial charge in [0.25, 0.3) is 0 Å². The molecule has 1 aromatic carbocycles. The molecule has 10 nitrogen and oxygen atoms in total. The molecule has 0 aliphatic heterocycles. The Morgan fingerprint density at radius 2 is 2.14 bits per heavy atom.